The zero-order valence-electron chi connectivity index (χ0n) is 13.9. The lowest BCUT2D eigenvalue weighted by Crippen LogP contribution is -2.72. The molecule has 1 aliphatic carbocycles. The van der Waals surface area contributed by atoms with Crippen LogP contribution in [0.3, 0.4) is 0 Å². The highest BCUT2D eigenvalue weighted by Gasteiger charge is 2.63. The SMILES string of the molecule is CC1(C)C(=O)C(C)(C)C1N1CCN(c2ccc(Cl)cc2)CC1. The molecule has 0 spiro atoms. The monoisotopic (exact) mass is 320 g/mol. The molecule has 0 aromatic heterocycles. The fraction of sp³-hybridized carbons (Fsp3) is 0.611. The second-order valence-electron chi connectivity index (χ2n) is 7.67. The van der Waals surface area contributed by atoms with Crippen LogP contribution in [0.1, 0.15) is 27.7 Å². The topological polar surface area (TPSA) is 23.6 Å². The quantitative estimate of drug-likeness (QED) is 0.833. The average Bonchev–Trinajstić information content (AvgIpc) is 2.48. The number of hydrogen-bond acceptors (Lipinski definition) is 3. The highest BCUT2D eigenvalue weighted by molar-refractivity contribution is 6.30. The van der Waals surface area contributed by atoms with Gasteiger partial charge < -0.3 is 4.90 Å². The summed E-state index contributed by atoms with van der Waals surface area (Å²) in [5.74, 6) is 0.394. The molecule has 0 atom stereocenters. The molecule has 0 radical (unpaired) electrons. The molecule has 3 nitrogen and oxygen atoms in total. The summed E-state index contributed by atoms with van der Waals surface area (Å²) >= 11 is 5.96. The van der Waals surface area contributed by atoms with Crippen LogP contribution in [0, 0.1) is 10.8 Å². The molecule has 2 fully saturated rings. The summed E-state index contributed by atoms with van der Waals surface area (Å²) < 4.78 is 0. The molecule has 0 amide bonds. The number of halogens is 1. The Balaban J connectivity index is 1.67. The lowest BCUT2D eigenvalue weighted by molar-refractivity contribution is -0.170. The molecule has 3 rings (SSSR count). The van der Waals surface area contributed by atoms with Crippen molar-refractivity contribution < 1.29 is 4.79 Å². The number of carbonyl (C=O) groups excluding carboxylic acids is 1. The van der Waals surface area contributed by atoms with Gasteiger partial charge >= 0.3 is 0 Å². The van der Waals surface area contributed by atoms with Gasteiger partial charge in [0.25, 0.3) is 0 Å². The van der Waals surface area contributed by atoms with Crippen LogP contribution in [0.5, 0.6) is 0 Å². The van der Waals surface area contributed by atoms with E-state index in [4.69, 9.17) is 11.6 Å². The number of anilines is 1. The molecule has 22 heavy (non-hydrogen) atoms. The van der Waals surface area contributed by atoms with Crippen molar-refractivity contribution in [3.63, 3.8) is 0 Å². The van der Waals surface area contributed by atoms with Gasteiger partial charge in [-0.15, -0.1) is 0 Å². The highest BCUT2D eigenvalue weighted by Crippen LogP contribution is 2.53. The van der Waals surface area contributed by atoms with Crippen LogP contribution in [0.4, 0.5) is 5.69 Å². The van der Waals surface area contributed by atoms with Gasteiger partial charge in [0, 0.05) is 53.8 Å². The van der Waals surface area contributed by atoms with Gasteiger partial charge in [0.15, 0.2) is 0 Å². The normalized spacial score (nSPS) is 25.1. The second kappa shape index (κ2) is 5.24. The number of carbonyl (C=O) groups is 1. The number of piperazine rings is 1. The zero-order valence-corrected chi connectivity index (χ0v) is 14.7. The third-order valence-electron chi connectivity index (χ3n) is 5.41. The predicted octanol–water partition coefficient (Wildman–Crippen LogP) is 3.47. The van der Waals surface area contributed by atoms with Crippen molar-refractivity contribution in [3.05, 3.63) is 29.3 Å². The van der Waals surface area contributed by atoms with Crippen LogP contribution in [0.25, 0.3) is 0 Å². The minimum Gasteiger partial charge on any atom is -0.369 e. The summed E-state index contributed by atoms with van der Waals surface area (Å²) in [6.07, 6.45) is 0. The standard InChI is InChI=1S/C18H25ClN2O/c1-17(2)15(18(3,4)16(17)22)21-11-9-20(10-12-21)14-7-5-13(19)6-8-14/h5-8,15H,9-12H2,1-4H3. The first-order chi connectivity index (χ1) is 10.2. The van der Waals surface area contributed by atoms with Gasteiger partial charge in [-0.2, -0.15) is 0 Å². The molecule has 1 saturated heterocycles. The predicted molar refractivity (Wildman–Crippen MR) is 91.6 cm³/mol. The Bertz CT molecular complexity index is 553. The summed E-state index contributed by atoms with van der Waals surface area (Å²) in [4.78, 5) is 17.2. The van der Waals surface area contributed by atoms with E-state index in [9.17, 15) is 4.79 Å². The third-order valence-corrected chi connectivity index (χ3v) is 5.66. The molecular formula is C18H25ClN2O. The molecule has 0 N–H and O–H groups in total. The molecule has 2 aliphatic rings. The number of ketones is 1. The van der Waals surface area contributed by atoms with E-state index < -0.39 is 0 Å². The molecule has 1 heterocycles. The fourth-order valence-electron chi connectivity index (χ4n) is 4.71. The minimum atomic E-state index is -0.216. The molecule has 0 unspecified atom stereocenters. The summed E-state index contributed by atoms with van der Waals surface area (Å²) in [6, 6.07) is 8.40. The Morgan fingerprint density at radius 3 is 1.95 bits per heavy atom. The maximum Gasteiger partial charge on any atom is 0.147 e. The Kier molecular flexibility index (Phi) is 3.77. The lowest BCUT2D eigenvalue weighted by atomic mass is 9.50. The lowest BCUT2D eigenvalue weighted by Gasteiger charge is -2.60. The van der Waals surface area contributed by atoms with Crippen molar-refractivity contribution in [2.75, 3.05) is 31.1 Å². The molecule has 1 aromatic carbocycles. The van der Waals surface area contributed by atoms with Gasteiger partial charge in [0.2, 0.25) is 0 Å². The van der Waals surface area contributed by atoms with Gasteiger partial charge in [0.05, 0.1) is 0 Å². The second-order valence-corrected chi connectivity index (χ2v) is 8.11. The number of nitrogens with zero attached hydrogens (tertiary/aromatic N) is 2. The molecule has 120 valence electrons. The fourth-order valence-corrected chi connectivity index (χ4v) is 4.83. The van der Waals surface area contributed by atoms with Crippen LogP contribution in [0.15, 0.2) is 24.3 Å². The van der Waals surface area contributed by atoms with E-state index in [0.717, 1.165) is 31.2 Å². The smallest absolute Gasteiger partial charge is 0.147 e. The first-order valence-electron chi connectivity index (χ1n) is 8.04. The van der Waals surface area contributed by atoms with Crippen LogP contribution in [-0.4, -0.2) is 42.9 Å². The first kappa shape index (κ1) is 15.8. The zero-order chi connectivity index (χ0) is 16.1. The average molecular weight is 321 g/mol. The Morgan fingerprint density at radius 2 is 1.45 bits per heavy atom. The van der Waals surface area contributed by atoms with Crippen molar-refractivity contribution in [3.8, 4) is 0 Å². The maximum absolute atomic E-state index is 12.3. The number of Topliss-reactive ketones (excluding diaryl/α,β-unsaturated/α-hetero) is 1. The summed E-state index contributed by atoms with van der Waals surface area (Å²) in [5.41, 5.74) is 0.796. The van der Waals surface area contributed by atoms with E-state index in [0.29, 0.717) is 11.8 Å². The maximum atomic E-state index is 12.3. The minimum absolute atomic E-state index is 0.216. The van der Waals surface area contributed by atoms with Crippen LogP contribution in [0.2, 0.25) is 5.02 Å². The van der Waals surface area contributed by atoms with Crippen molar-refractivity contribution in [1.29, 1.82) is 0 Å². The van der Waals surface area contributed by atoms with Crippen molar-refractivity contribution >= 4 is 23.1 Å². The number of hydrogen-bond donors (Lipinski definition) is 0. The van der Waals surface area contributed by atoms with Crippen LogP contribution < -0.4 is 4.90 Å². The van der Waals surface area contributed by atoms with E-state index in [1.165, 1.54) is 5.69 Å². The van der Waals surface area contributed by atoms with Crippen molar-refractivity contribution in [1.82, 2.24) is 4.90 Å². The third kappa shape index (κ3) is 2.35. The number of rotatable bonds is 2. The van der Waals surface area contributed by atoms with Crippen LogP contribution >= 0.6 is 11.6 Å². The Labute approximate surface area is 138 Å². The molecule has 1 aliphatic heterocycles. The van der Waals surface area contributed by atoms with E-state index in [-0.39, 0.29) is 10.8 Å². The molecule has 4 heteroatoms. The van der Waals surface area contributed by atoms with Crippen molar-refractivity contribution in [2.45, 2.75) is 33.7 Å². The van der Waals surface area contributed by atoms with E-state index in [1.54, 1.807) is 0 Å². The van der Waals surface area contributed by atoms with Gasteiger partial charge in [-0.25, -0.2) is 0 Å². The van der Waals surface area contributed by atoms with Gasteiger partial charge in [0.1, 0.15) is 5.78 Å². The number of benzene rings is 1. The Hall–Kier alpha value is -1.06. The first-order valence-corrected chi connectivity index (χ1v) is 8.42. The molecule has 1 aromatic rings. The molecule has 0 bridgehead atoms. The molecule has 1 saturated carbocycles. The summed E-state index contributed by atoms with van der Waals surface area (Å²) in [5, 5.41) is 0.777. The van der Waals surface area contributed by atoms with Gasteiger partial charge in [-0.1, -0.05) is 39.3 Å². The summed E-state index contributed by atoms with van der Waals surface area (Å²) in [7, 11) is 0. The van der Waals surface area contributed by atoms with Gasteiger partial charge in [-0.3, -0.25) is 9.69 Å². The molecular weight excluding hydrogens is 296 g/mol. The summed E-state index contributed by atoms with van der Waals surface area (Å²) in [6.45, 7) is 12.4. The van der Waals surface area contributed by atoms with Crippen molar-refractivity contribution in [2.24, 2.45) is 10.8 Å². The Morgan fingerprint density at radius 1 is 0.955 bits per heavy atom. The van der Waals surface area contributed by atoms with E-state index >= 15 is 0 Å². The highest BCUT2D eigenvalue weighted by atomic mass is 35.5. The van der Waals surface area contributed by atoms with Crippen LogP contribution in [-0.2, 0) is 4.79 Å². The largest absolute Gasteiger partial charge is 0.369 e. The van der Waals surface area contributed by atoms with Gasteiger partial charge in [-0.05, 0) is 24.3 Å². The van der Waals surface area contributed by atoms with E-state index in [2.05, 4.69) is 49.6 Å². The van der Waals surface area contributed by atoms with E-state index in [1.807, 2.05) is 12.1 Å².